The fraction of sp³-hybridized carbons (Fsp3) is 0.250. The number of carbonyl (C=O) groups excluding carboxylic acids is 2. The molecule has 7 nitrogen and oxygen atoms in total. The Morgan fingerprint density at radius 3 is 2.18 bits per heavy atom. The first-order valence-electron chi connectivity index (χ1n) is 8.32. The van der Waals surface area contributed by atoms with Crippen LogP contribution in [0, 0.1) is 0 Å². The molecule has 0 bridgehead atoms. The summed E-state index contributed by atoms with van der Waals surface area (Å²) in [4.78, 5) is 25.3. The van der Waals surface area contributed by atoms with Crippen molar-refractivity contribution in [1.29, 1.82) is 0 Å². The third-order valence-corrected chi connectivity index (χ3v) is 3.56. The molecule has 2 aromatic rings. The quantitative estimate of drug-likeness (QED) is 0.588. The number of rotatable bonds is 8. The van der Waals surface area contributed by atoms with Gasteiger partial charge >= 0.3 is 0 Å². The number of hydrogen-bond donors (Lipinski definition) is 0. The van der Waals surface area contributed by atoms with Crippen molar-refractivity contribution in [1.82, 2.24) is 9.88 Å². The summed E-state index contributed by atoms with van der Waals surface area (Å²) in [6, 6.07) is 13.6. The van der Waals surface area contributed by atoms with Crippen molar-refractivity contribution < 1.29 is 24.5 Å². The van der Waals surface area contributed by atoms with Crippen molar-refractivity contribution in [2.45, 2.75) is 6.10 Å². The summed E-state index contributed by atoms with van der Waals surface area (Å²) in [5.41, 5.74) is 1.97. The van der Waals surface area contributed by atoms with Crippen molar-refractivity contribution in [2.75, 3.05) is 27.2 Å². The fourth-order valence-electron chi connectivity index (χ4n) is 2.01. The molecule has 1 heterocycles. The van der Waals surface area contributed by atoms with Crippen molar-refractivity contribution >= 4 is 23.5 Å². The lowest BCUT2D eigenvalue weighted by Gasteiger charge is -2.19. The standard InChI is InChI=1S/C16H19ClN2O.C4H4O4/c1-19(2)11-12-20-16(15-5-3-4-10-18-15)13-6-8-14(17)9-7-13;5-3(6)1-2-4(7)8/h3-10,16H,11-12H2,1-2H3;1-2H,(H,5,6)(H,7,8)/p-2/b;2-1-. The first-order valence-corrected chi connectivity index (χ1v) is 8.70. The first kappa shape index (κ1) is 23.3. The Labute approximate surface area is 168 Å². The largest absolute Gasteiger partial charge is 0.545 e. The predicted molar refractivity (Wildman–Crippen MR) is 101 cm³/mol. The molecular formula is C20H21ClN2O5-2. The van der Waals surface area contributed by atoms with E-state index in [0.29, 0.717) is 18.8 Å². The molecule has 0 N–H and O–H groups in total. The monoisotopic (exact) mass is 404 g/mol. The van der Waals surface area contributed by atoms with Crippen LogP contribution in [0.4, 0.5) is 0 Å². The maximum Gasteiger partial charge on any atom is 0.124 e. The van der Waals surface area contributed by atoms with Crippen LogP contribution in [0.3, 0.4) is 0 Å². The summed E-state index contributed by atoms with van der Waals surface area (Å²) >= 11 is 5.95. The van der Waals surface area contributed by atoms with Crippen LogP contribution >= 0.6 is 11.6 Å². The fourth-order valence-corrected chi connectivity index (χ4v) is 2.14. The van der Waals surface area contributed by atoms with Crippen LogP contribution in [0.1, 0.15) is 17.4 Å². The molecule has 0 aliphatic heterocycles. The molecule has 0 aliphatic carbocycles. The minimum absolute atomic E-state index is 0.159. The topological polar surface area (TPSA) is 106 Å². The molecule has 0 saturated carbocycles. The number of carbonyl (C=O) groups is 2. The Bertz CT molecular complexity index is 748. The van der Waals surface area contributed by atoms with Crippen LogP contribution in [0.2, 0.25) is 5.02 Å². The Morgan fingerprint density at radius 2 is 1.71 bits per heavy atom. The zero-order valence-electron chi connectivity index (χ0n) is 15.6. The number of carboxylic acids is 2. The normalized spacial score (nSPS) is 11.7. The van der Waals surface area contributed by atoms with Crippen LogP contribution in [-0.4, -0.2) is 49.1 Å². The minimum atomic E-state index is -1.55. The van der Waals surface area contributed by atoms with Gasteiger partial charge in [0.15, 0.2) is 0 Å². The molecule has 0 aliphatic rings. The van der Waals surface area contributed by atoms with E-state index in [9.17, 15) is 19.8 Å². The summed E-state index contributed by atoms with van der Waals surface area (Å²) in [6.07, 6.45) is 2.39. The Hall–Kier alpha value is -2.74. The number of carboxylic acid groups (broad SMARTS) is 2. The lowest BCUT2D eigenvalue weighted by atomic mass is 10.1. The second-order valence-electron chi connectivity index (χ2n) is 5.83. The van der Waals surface area contributed by atoms with E-state index < -0.39 is 11.9 Å². The van der Waals surface area contributed by atoms with Gasteiger partial charge in [0.25, 0.3) is 0 Å². The van der Waals surface area contributed by atoms with Crippen molar-refractivity contribution in [3.63, 3.8) is 0 Å². The lowest BCUT2D eigenvalue weighted by molar-refractivity contribution is -0.301. The third kappa shape index (κ3) is 9.82. The van der Waals surface area contributed by atoms with Gasteiger partial charge in [0.05, 0.1) is 24.2 Å². The van der Waals surface area contributed by atoms with Gasteiger partial charge in [-0.2, -0.15) is 0 Å². The molecule has 0 amide bonds. The molecular weight excluding hydrogens is 384 g/mol. The maximum absolute atomic E-state index is 9.41. The van der Waals surface area contributed by atoms with E-state index >= 15 is 0 Å². The second kappa shape index (κ2) is 12.6. The van der Waals surface area contributed by atoms with Crippen LogP contribution in [0.5, 0.6) is 0 Å². The van der Waals surface area contributed by atoms with E-state index in [1.54, 1.807) is 6.20 Å². The van der Waals surface area contributed by atoms with Crippen LogP contribution in [0.15, 0.2) is 60.8 Å². The number of hydrogen-bond acceptors (Lipinski definition) is 7. The SMILES string of the molecule is CN(C)CCOC(c1ccc(Cl)cc1)c1ccccn1.O=C([O-])/C=C\C(=O)[O-]. The van der Waals surface area contributed by atoms with E-state index in [1.165, 1.54) is 0 Å². The van der Waals surface area contributed by atoms with Gasteiger partial charge in [-0.1, -0.05) is 29.8 Å². The van der Waals surface area contributed by atoms with Crippen molar-refractivity contribution in [2.24, 2.45) is 0 Å². The van der Waals surface area contributed by atoms with Gasteiger partial charge in [0.1, 0.15) is 6.10 Å². The third-order valence-electron chi connectivity index (χ3n) is 3.31. The number of nitrogens with zero attached hydrogens (tertiary/aromatic N) is 2. The zero-order valence-corrected chi connectivity index (χ0v) is 16.3. The van der Waals surface area contributed by atoms with Crippen LogP contribution < -0.4 is 10.2 Å². The van der Waals surface area contributed by atoms with E-state index in [-0.39, 0.29) is 6.10 Å². The first-order chi connectivity index (χ1) is 13.3. The molecule has 1 aromatic carbocycles. The van der Waals surface area contributed by atoms with Crippen molar-refractivity contribution in [3.05, 3.63) is 77.1 Å². The van der Waals surface area contributed by atoms with E-state index in [1.807, 2.05) is 56.6 Å². The van der Waals surface area contributed by atoms with Crippen LogP contribution in [0.25, 0.3) is 0 Å². The minimum Gasteiger partial charge on any atom is -0.545 e. The molecule has 8 heteroatoms. The Morgan fingerprint density at radius 1 is 1.11 bits per heavy atom. The maximum atomic E-state index is 9.41. The molecule has 0 radical (unpaired) electrons. The number of likely N-dealkylation sites (N-methyl/N-ethyl adjacent to an activating group) is 1. The molecule has 0 saturated heterocycles. The number of halogens is 1. The summed E-state index contributed by atoms with van der Waals surface area (Å²) in [7, 11) is 4.06. The number of ether oxygens (including phenoxy) is 1. The highest BCUT2D eigenvalue weighted by molar-refractivity contribution is 6.30. The van der Waals surface area contributed by atoms with Gasteiger partial charge in [-0.3, -0.25) is 4.98 Å². The number of aliphatic carboxylic acids is 2. The highest BCUT2D eigenvalue weighted by Gasteiger charge is 2.15. The van der Waals surface area contributed by atoms with Gasteiger partial charge in [0, 0.05) is 17.8 Å². The molecule has 1 atom stereocenters. The van der Waals surface area contributed by atoms with Gasteiger partial charge < -0.3 is 29.4 Å². The number of aromatic nitrogens is 1. The summed E-state index contributed by atoms with van der Waals surface area (Å²) in [5, 5.41) is 19.6. The summed E-state index contributed by atoms with van der Waals surface area (Å²) < 4.78 is 6.02. The van der Waals surface area contributed by atoms with Crippen LogP contribution in [-0.2, 0) is 14.3 Å². The molecule has 1 unspecified atom stereocenters. The summed E-state index contributed by atoms with van der Waals surface area (Å²) in [5.74, 6) is -3.09. The molecule has 0 fully saturated rings. The number of pyridine rings is 1. The second-order valence-corrected chi connectivity index (χ2v) is 6.27. The molecule has 150 valence electrons. The van der Waals surface area contributed by atoms with Gasteiger partial charge in [-0.05, 0) is 56.1 Å². The predicted octanol–water partition coefficient (Wildman–Crippen LogP) is 0.445. The smallest absolute Gasteiger partial charge is 0.124 e. The lowest BCUT2D eigenvalue weighted by Crippen LogP contribution is -2.23. The van der Waals surface area contributed by atoms with Crippen molar-refractivity contribution in [3.8, 4) is 0 Å². The molecule has 28 heavy (non-hydrogen) atoms. The van der Waals surface area contributed by atoms with Gasteiger partial charge in [-0.15, -0.1) is 0 Å². The van der Waals surface area contributed by atoms with Gasteiger partial charge in [0.2, 0.25) is 0 Å². The molecule has 2 rings (SSSR count). The average Bonchev–Trinajstić information content (AvgIpc) is 2.65. The van der Waals surface area contributed by atoms with Gasteiger partial charge in [-0.25, -0.2) is 0 Å². The van der Waals surface area contributed by atoms with E-state index in [0.717, 1.165) is 22.8 Å². The van der Waals surface area contributed by atoms with E-state index in [4.69, 9.17) is 16.3 Å². The number of benzene rings is 1. The highest BCUT2D eigenvalue weighted by atomic mass is 35.5. The summed E-state index contributed by atoms with van der Waals surface area (Å²) in [6.45, 7) is 1.52. The Kier molecular flexibility index (Phi) is 10.5. The zero-order chi connectivity index (χ0) is 20.9. The molecule has 0 spiro atoms. The Balaban J connectivity index is 0.000000416. The highest BCUT2D eigenvalue weighted by Crippen LogP contribution is 2.25. The van der Waals surface area contributed by atoms with E-state index in [2.05, 4.69) is 9.88 Å². The molecule has 1 aromatic heterocycles. The average molecular weight is 405 g/mol.